The highest BCUT2D eigenvalue weighted by Crippen LogP contribution is 2.42. The lowest BCUT2D eigenvalue weighted by Gasteiger charge is -2.26. The van der Waals surface area contributed by atoms with Gasteiger partial charge in [-0.1, -0.05) is 127 Å². The Morgan fingerprint density at radius 2 is 0.981 bits per heavy atom. The molecule has 53 heavy (non-hydrogen) atoms. The molecule has 3 heteroatoms. The molecule has 0 aliphatic rings. The van der Waals surface area contributed by atoms with Crippen LogP contribution in [0.5, 0.6) is 0 Å². The molecular weight excluding hydrogens is 645 g/mol. The topological polar surface area (TPSA) is 21.3 Å². The van der Waals surface area contributed by atoms with Crippen molar-refractivity contribution in [2.45, 2.75) is 0 Å². The third-order valence-electron chi connectivity index (χ3n) is 10.8. The number of hydrogen-bond donors (Lipinski definition) is 0. The Kier molecular flexibility index (Phi) is 6.55. The normalized spacial score (nSPS) is 11.8. The minimum Gasteiger partial charge on any atom is -0.455 e. The standard InChI is InChI=1S/C50H32N2O/c1-2-12-36(13-3-1)52-47-19-8-6-15-42(47)46-32-39(29-30-48(46)52)51(38-28-25-35-22-21-33-11-4-5-14-40(33)45(35)31-38)37-26-23-34(24-27-37)41-17-10-18-44-43-16-7-9-20-49(43)53-50(41)44/h1-32H. The highest BCUT2D eigenvalue weighted by molar-refractivity contribution is 6.12. The van der Waals surface area contributed by atoms with Gasteiger partial charge in [0.2, 0.25) is 0 Å². The zero-order valence-electron chi connectivity index (χ0n) is 28.8. The van der Waals surface area contributed by atoms with Gasteiger partial charge < -0.3 is 13.9 Å². The van der Waals surface area contributed by atoms with Gasteiger partial charge in [0.15, 0.2) is 0 Å². The number of rotatable bonds is 5. The van der Waals surface area contributed by atoms with E-state index in [1.165, 1.54) is 43.4 Å². The van der Waals surface area contributed by atoms with E-state index in [1.54, 1.807) is 0 Å². The molecule has 0 N–H and O–H groups in total. The second-order valence-corrected chi connectivity index (χ2v) is 13.7. The molecule has 2 heterocycles. The van der Waals surface area contributed by atoms with Crippen LogP contribution in [0.2, 0.25) is 0 Å². The van der Waals surface area contributed by atoms with E-state index in [1.807, 2.05) is 12.1 Å². The van der Waals surface area contributed by atoms with E-state index < -0.39 is 0 Å². The average Bonchev–Trinajstić information content (AvgIpc) is 3.77. The lowest BCUT2D eigenvalue weighted by molar-refractivity contribution is 0.670. The number of para-hydroxylation sites is 4. The summed E-state index contributed by atoms with van der Waals surface area (Å²) in [6.07, 6.45) is 0. The van der Waals surface area contributed by atoms with Crippen LogP contribution in [0.3, 0.4) is 0 Å². The Hall–Kier alpha value is -7.10. The zero-order chi connectivity index (χ0) is 34.9. The first-order chi connectivity index (χ1) is 26.3. The molecule has 0 radical (unpaired) electrons. The summed E-state index contributed by atoms with van der Waals surface area (Å²) in [4.78, 5) is 2.39. The molecule has 0 saturated heterocycles. The summed E-state index contributed by atoms with van der Waals surface area (Å²) in [5, 5.41) is 9.67. The van der Waals surface area contributed by atoms with Crippen LogP contribution in [-0.4, -0.2) is 4.57 Å². The van der Waals surface area contributed by atoms with Gasteiger partial charge >= 0.3 is 0 Å². The molecule has 0 aliphatic carbocycles. The molecule has 0 bridgehead atoms. The smallest absolute Gasteiger partial charge is 0.143 e. The number of aromatic nitrogens is 1. The molecule has 0 atom stereocenters. The van der Waals surface area contributed by atoms with Crippen molar-refractivity contribution >= 4 is 82.4 Å². The van der Waals surface area contributed by atoms with E-state index in [2.05, 4.69) is 191 Å². The molecule has 0 saturated carbocycles. The van der Waals surface area contributed by atoms with Crippen LogP contribution in [0.1, 0.15) is 0 Å². The predicted molar refractivity (Wildman–Crippen MR) is 223 cm³/mol. The number of anilines is 3. The Bertz CT molecular complexity index is 3170. The van der Waals surface area contributed by atoms with Crippen molar-refractivity contribution in [3.05, 3.63) is 194 Å². The van der Waals surface area contributed by atoms with E-state index >= 15 is 0 Å². The fourth-order valence-corrected chi connectivity index (χ4v) is 8.30. The molecule has 0 fully saturated rings. The van der Waals surface area contributed by atoms with Gasteiger partial charge in [0.25, 0.3) is 0 Å². The van der Waals surface area contributed by atoms with Crippen molar-refractivity contribution in [2.24, 2.45) is 0 Å². The van der Waals surface area contributed by atoms with Gasteiger partial charge in [-0.25, -0.2) is 0 Å². The average molecular weight is 677 g/mol. The molecule has 3 nitrogen and oxygen atoms in total. The zero-order valence-corrected chi connectivity index (χ0v) is 28.8. The van der Waals surface area contributed by atoms with Gasteiger partial charge in [0, 0.05) is 49.9 Å². The van der Waals surface area contributed by atoms with Crippen molar-refractivity contribution in [1.82, 2.24) is 4.57 Å². The quantitative estimate of drug-likeness (QED) is 0.169. The van der Waals surface area contributed by atoms with Crippen LogP contribution in [0.4, 0.5) is 17.1 Å². The maximum absolute atomic E-state index is 6.43. The maximum Gasteiger partial charge on any atom is 0.143 e. The fourth-order valence-electron chi connectivity index (χ4n) is 8.30. The number of benzene rings is 9. The largest absolute Gasteiger partial charge is 0.455 e. The molecule has 11 aromatic rings. The fraction of sp³-hybridized carbons (Fsp3) is 0. The number of hydrogen-bond acceptors (Lipinski definition) is 2. The summed E-state index contributed by atoms with van der Waals surface area (Å²) in [5.74, 6) is 0. The van der Waals surface area contributed by atoms with Gasteiger partial charge in [0.05, 0.1) is 11.0 Å². The van der Waals surface area contributed by atoms with Crippen molar-refractivity contribution in [1.29, 1.82) is 0 Å². The molecule has 248 valence electrons. The van der Waals surface area contributed by atoms with E-state index in [9.17, 15) is 0 Å². The van der Waals surface area contributed by atoms with Crippen LogP contribution in [0, 0.1) is 0 Å². The summed E-state index contributed by atoms with van der Waals surface area (Å²) < 4.78 is 8.80. The molecule has 11 rings (SSSR count). The predicted octanol–water partition coefficient (Wildman–Crippen LogP) is 14.1. The van der Waals surface area contributed by atoms with Crippen LogP contribution >= 0.6 is 0 Å². The third kappa shape index (κ3) is 4.68. The molecule has 0 spiro atoms. The van der Waals surface area contributed by atoms with Gasteiger partial charge in [-0.3, -0.25) is 0 Å². The third-order valence-corrected chi connectivity index (χ3v) is 10.8. The summed E-state index contributed by atoms with van der Waals surface area (Å²) in [7, 11) is 0. The van der Waals surface area contributed by atoms with Gasteiger partial charge in [-0.2, -0.15) is 0 Å². The summed E-state index contributed by atoms with van der Waals surface area (Å²) in [6, 6.07) is 69.8. The van der Waals surface area contributed by atoms with Gasteiger partial charge in [-0.05, 0) is 93.8 Å². The van der Waals surface area contributed by atoms with Crippen LogP contribution in [0.15, 0.2) is 199 Å². The van der Waals surface area contributed by atoms with E-state index in [0.29, 0.717) is 0 Å². The first kappa shape index (κ1) is 29.6. The Morgan fingerprint density at radius 1 is 0.377 bits per heavy atom. The first-order valence-corrected chi connectivity index (χ1v) is 18.1. The second kappa shape index (κ2) is 11.7. The molecule has 0 unspecified atom stereocenters. The summed E-state index contributed by atoms with van der Waals surface area (Å²) in [6.45, 7) is 0. The van der Waals surface area contributed by atoms with Crippen molar-refractivity contribution in [2.75, 3.05) is 4.90 Å². The number of furan rings is 1. The number of nitrogens with zero attached hydrogens (tertiary/aromatic N) is 2. The van der Waals surface area contributed by atoms with Crippen LogP contribution in [-0.2, 0) is 0 Å². The Morgan fingerprint density at radius 3 is 1.83 bits per heavy atom. The molecule has 0 amide bonds. The molecular formula is C50H32N2O. The SMILES string of the molecule is c1ccc(-n2c3ccccc3c3cc(N(c4ccc(-c5cccc6c5oc5ccccc56)cc4)c4ccc5ccc6ccccc6c5c4)ccc32)cc1. The highest BCUT2D eigenvalue weighted by Gasteiger charge is 2.19. The van der Waals surface area contributed by atoms with Crippen molar-refractivity contribution < 1.29 is 4.42 Å². The minimum absolute atomic E-state index is 0.908. The van der Waals surface area contributed by atoms with Crippen LogP contribution < -0.4 is 4.90 Å². The van der Waals surface area contributed by atoms with E-state index in [4.69, 9.17) is 4.42 Å². The van der Waals surface area contributed by atoms with E-state index in [-0.39, 0.29) is 0 Å². The molecule has 0 aliphatic heterocycles. The highest BCUT2D eigenvalue weighted by atomic mass is 16.3. The van der Waals surface area contributed by atoms with E-state index in [0.717, 1.165) is 55.8 Å². The minimum atomic E-state index is 0.908. The number of fused-ring (bicyclic) bond motifs is 9. The molecule has 2 aromatic heterocycles. The lowest BCUT2D eigenvalue weighted by atomic mass is 10.00. The monoisotopic (exact) mass is 676 g/mol. The van der Waals surface area contributed by atoms with Crippen molar-refractivity contribution in [3.63, 3.8) is 0 Å². The molecule has 9 aromatic carbocycles. The van der Waals surface area contributed by atoms with Gasteiger partial charge in [0.1, 0.15) is 11.2 Å². The van der Waals surface area contributed by atoms with Crippen molar-refractivity contribution in [3.8, 4) is 16.8 Å². The second-order valence-electron chi connectivity index (χ2n) is 13.7. The van der Waals surface area contributed by atoms with Crippen LogP contribution in [0.25, 0.3) is 82.1 Å². The lowest BCUT2D eigenvalue weighted by Crippen LogP contribution is -2.10. The van der Waals surface area contributed by atoms with Gasteiger partial charge in [-0.15, -0.1) is 0 Å². The first-order valence-electron chi connectivity index (χ1n) is 18.1. The Labute approximate surface area is 306 Å². The Balaban J connectivity index is 1.11. The summed E-state index contributed by atoms with van der Waals surface area (Å²) >= 11 is 0. The maximum atomic E-state index is 6.43. The summed E-state index contributed by atoms with van der Waals surface area (Å²) in [5.41, 5.74) is 10.8.